The summed E-state index contributed by atoms with van der Waals surface area (Å²) in [5.41, 5.74) is 2.82. The molecule has 0 aliphatic rings. The average molecular weight is 381 g/mol. The Balaban J connectivity index is 1.75. The maximum Gasteiger partial charge on any atom is 0.195 e. The van der Waals surface area contributed by atoms with Gasteiger partial charge in [-0.1, -0.05) is 72.3 Å². The molecule has 0 atom stereocenters. The third-order valence-corrected chi connectivity index (χ3v) is 4.29. The smallest absolute Gasteiger partial charge is 0.195 e. The highest BCUT2D eigenvalue weighted by atomic mass is 35.5. The molecule has 0 saturated heterocycles. The van der Waals surface area contributed by atoms with E-state index >= 15 is 0 Å². The van der Waals surface area contributed by atoms with Crippen LogP contribution < -0.4 is 10.6 Å². The number of ketones is 1. The van der Waals surface area contributed by atoms with E-state index < -0.39 is 0 Å². The Morgan fingerprint density at radius 1 is 0.923 bits per heavy atom. The lowest BCUT2D eigenvalue weighted by Crippen LogP contribution is -2.28. The SMILES string of the molecule is O=C(c1ccccc1)c1ccc(Cl)cc1NC(=S)NCc1ccccc1. The molecule has 3 nitrogen and oxygen atoms in total. The van der Waals surface area contributed by atoms with Crippen molar-refractivity contribution < 1.29 is 4.79 Å². The topological polar surface area (TPSA) is 41.1 Å². The lowest BCUT2D eigenvalue weighted by molar-refractivity contribution is 0.103. The van der Waals surface area contributed by atoms with Crippen molar-refractivity contribution in [2.45, 2.75) is 6.54 Å². The number of thiocarbonyl (C=S) groups is 1. The lowest BCUT2D eigenvalue weighted by atomic mass is 10.0. The van der Waals surface area contributed by atoms with Crippen molar-refractivity contribution in [2.24, 2.45) is 0 Å². The molecule has 0 unspecified atom stereocenters. The number of rotatable bonds is 5. The molecular formula is C21H17ClN2OS. The minimum Gasteiger partial charge on any atom is -0.358 e. The molecule has 3 aromatic carbocycles. The molecule has 0 aliphatic heterocycles. The van der Waals surface area contributed by atoms with Gasteiger partial charge in [-0.05, 0) is 36.0 Å². The summed E-state index contributed by atoms with van der Waals surface area (Å²) in [5, 5.41) is 7.19. The van der Waals surface area contributed by atoms with Crippen molar-refractivity contribution in [1.29, 1.82) is 0 Å². The number of benzene rings is 3. The van der Waals surface area contributed by atoms with Crippen molar-refractivity contribution in [2.75, 3.05) is 5.32 Å². The minimum absolute atomic E-state index is 0.0874. The van der Waals surface area contributed by atoms with Crippen LogP contribution in [0.3, 0.4) is 0 Å². The van der Waals surface area contributed by atoms with E-state index in [0.717, 1.165) is 5.56 Å². The van der Waals surface area contributed by atoms with Crippen LogP contribution in [0, 0.1) is 0 Å². The van der Waals surface area contributed by atoms with E-state index in [1.54, 1.807) is 30.3 Å². The Bertz CT molecular complexity index is 914. The van der Waals surface area contributed by atoms with Gasteiger partial charge in [0.2, 0.25) is 0 Å². The molecule has 0 saturated carbocycles. The van der Waals surface area contributed by atoms with E-state index in [1.807, 2.05) is 48.5 Å². The molecule has 5 heteroatoms. The normalized spacial score (nSPS) is 10.2. The first-order valence-electron chi connectivity index (χ1n) is 8.11. The fourth-order valence-electron chi connectivity index (χ4n) is 2.51. The predicted molar refractivity (Wildman–Crippen MR) is 111 cm³/mol. The fraction of sp³-hybridized carbons (Fsp3) is 0.0476. The quantitative estimate of drug-likeness (QED) is 0.479. The van der Waals surface area contributed by atoms with E-state index in [-0.39, 0.29) is 5.78 Å². The van der Waals surface area contributed by atoms with Gasteiger partial charge in [0.05, 0.1) is 5.69 Å². The summed E-state index contributed by atoms with van der Waals surface area (Å²) in [4.78, 5) is 12.8. The molecule has 2 N–H and O–H groups in total. The number of anilines is 1. The van der Waals surface area contributed by atoms with E-state index in [0.29, 0.717) is 33.5 Å². The number of carbonyl (C=O) groups excluding carboxylic acids is 1. The highest BCUT2D eigenvalue weighted by molar-refractivity contribution is 7.80. The number of nitrogens with one attached hydrogen (secondary N) is 2. The monoisotopic (exact) mass is 380 g/mol. The summed E-state index contributed by atoms with van der Waals surface area (Å²) < 4.78 is 0. The van der Waals surface area contributed by atoms with E-state index in [1.165, 1.54) is 0 Å². The lowest BCUT2D eigenvalue weighted by Gasteiger charge is -2.14. The van der Waals surface area contributed by atoms with Crippen LogP contribution >= 0.6 is 23.8 Å². The number of hydrogen-bond donors (Lipinski definition) is 2. The molecule has 0 heterocycles. The second-order valence-corrected chi connectivity index (χ2v) is 6.52. The first-order chi connectivity index (χ1) is 12.6. The van der Waals surface area contributed by atoms with Crippen LogP contribution in [0.1, 0.15) is 21.5 Å². The maximum atomic E-state index is 12.8. The molecule has 0 aliphatic carbocycles. The van der Waals surface area contributed by atoms with E-state index in [9.17, 15) is 4.79 Å². The van der Waals surface area contributed by atoms with Crippen LogP contribution in [0.15, 0.2) is 78.9 Å². The van der Waals surface area contributed by atoms with Gasteiger partial charge < -0.3 is 10.6 Å². The average Bonchev–Trinajstić information content (AvgIpc) is 2.67. The molecule has 0 aromatic heterocycles. The standard InChI is InChI=1S/C21H17ClN2OS/c22-17-11-12-18(20(25)16-9-5-2-6-10-16)19(13-17)24-21(26)23-14-15-7-3-1-4-8-15/h1-13H,14H2,(H2,23,24,26). The number of halogens is 1. The van der Waals surface area contributed by atoms with Crippen molar-refractivity contribution in [3.05, 3.63) is 101 Å². The zero-order valence-electron chi connectivity index (χ0n) is 13.9. The van der Waals surface area contributed by atoms with Crippen LogP contribution in [-0.2, 0) is 6.54 Å². The van der Waals surface area contributed by atoms with Gasteiger partial charge in [-0.3, -0.25) is 4.79 Å². The zero-order chi connectivity index (χ0) is 18.4. The Labute approximate surface area is 163 Å². The number of hydrogen-bond acceptors (Lipinski definition) is 2. The fourth-order valence-corrected chi connectivity index (χ4v) is 2.86. The molecule has 0 spiro atoms. The van der Waals surface area contributed by atoms with Crippen molar-refractivity contribution in [1.82, 2.24) is 5.32 Å². The number of carbonyl (C=O) groups is 1. The van der Waals surface area contributed by atoms with Gasteiger partial charge in [-0.2, -0.15) is 0 Å². The van der Waals surface area contributed by atoms with Crippen molar-refractivity contribution in [3.8, 4) is 0 Å². The molecule has 0 fully saturated rings. The summed E-state index contributed by atoms with van der Waals surface area (Å²) in [6.07, 6.45) is 0. The highest BCUT2D eigenvalue weighted by Crippen LogP contribution is 2.24. The molecule has 0 amide bonds. The van der Waals surface area contributed by atoms with Gasteiger partial charge in [0.25, 0.3) is 0 Å². The Morgan fingerprint density at radius 2 is 1.58 bits per heavy atom. The Morgan fingerprint density at radius 3 is 2.27 bits per heavy atom. The van der Waals surface area contributed by atoms with Gasteiger partial charge in [-0.25, -0.2) is 0 Å². The van der Waals surface area contributed by atoms with Crippen LogP contribution in [0.4, 0.5) is 5.69 Å². The van der Waals surface area contributed by atoms with Crippen LogP contribution in [0.2, 0.25) is 5.02 Å². The van der Waals surface area contributed by atoms with Gasteiger partial charge >= 0.3 is 0 Å². The van der Waals surface area contributed by atoms with Gasteiger partial charge in [0, 0.05) is 22.7 Å². The van der Waals surface area contributed by atoms with Gasteiger partial charge in [0.15, 0.2) is 10.9 Å². The molecule has 130 valence electrons. The first-order valence-corrected chi connectivity index (χ1v) is 8.90. The summed E-state index contributed by atoms with van der Waals surface area (Å²) in [6, 6.07) is 24.2. The van der Waals surface area contributed by atoms with Crippen molar-refractivity contribution in [3.63, 3.8) is 0 Å². The molecule has 26 heavy (non-hydrogen) atoms. The largest absolute Gasteiger partial charge is 0.358 e. The van der Waals surface area contributed by atoms with Crippen LogP contribution in [0.5, 0.6) is 0 Å². The molecule has 0 bridgehead atoms. The second kappa shape index (κ2) is 8.61. The second-order valence-electron chi connectivity index (χ2n) is 5.68. The minimum atomic E-state index is -0.0874. The third-order valence-electron chi connectivity index (χ3n) is 3.81. The maximum absolute atomic E-state index is 12.8. The molecule has 0 radical (unpaired) electrons. The molecule has 3 aromatic rings. The Kier molecular flexibility index (Phi) is 6.00. The molecular weight excluding hydrogens is 364 g/mol. The first kappa shape index (κ1) is 18.1. The van der Waals surface area contributed by atoms with Crippen LogP contribution in [-0.4, -0.2) is 10.9 Å². The third kappa shape index (κ3) is 4.69. The summed E-state index contributed by atoms with van der Waals surface area (Å²) >= 11 is 11.5. The summed E-state index contributed by atoms with van der Waals surface area (Å²) in [7, 11) is 0. The summed E-state index contributed by atoms with van der Waals surface area (Å²) in [6.45, 7) is 0.592. The predicted octanol–water partition coefficient (Wildman–Crippen LogP) is 5.06. The molecule has 3 rings (SSSR count). The van der Waals surface area contributed by atoms with E-state index in [4.69, 9.17) is 23.8 Å². The van der Waals surface area contributed by atoms with Gasteiger partial charge in [-0.15, -0.1) is 0 Å². The highest BCUT2D eigenvalue weighted by Gasteiger charge is 2.14. The zero-order valence-corrected chi connectivity index (χ0v) is 15.5. The Hall–Kier alpha value is -2.69. The van der Waals surface area contributed by atoms with Crippen molar-refractivity contribution >= 4 is 40.4 Å². The van der Waals surface area contributed by atoms with Gasteiger partial charge in [0.1, 0.15) is 0 Å². The van der Waals surface area contributed by atoms with Crippen LogP contribution in [0.25, 0.3) is 0 Å². The summed E-state index contributed by atoms with van der Waals surface area (Å²) in [5.74, 6) is -0.0874. The van der Waals surface area contributed by atoms with E-state index in [2.05, 4.69) is 10.6 Å².